The van der Waals surface area contributed by atoms with Gasteiger partial charge in [0.1, 0.15) is 6.04 Å². The molecule has 1 aliphatic heterocycles. The Morgan fingerprint density at radius 2 is 1.85 bits per heavy atom. The van der Waals surface area contributed by atoms with Gasteiger partial charge in [0.15, 0.2) is 0 Å². The number of halogens is 5. The third kappa shape index (κ3) is 5.13. The highest BCUT2D eigenvalue weighted by Crippen LogP contribution is 2.49. The quantitative estimate of drug-likeness (QED) is 0.521. The van der Waals surface area contributed by atoms with E-state index in [4.69, 9.17) is 33.8 Å². The summed E-state index contributed by atoms with van der Waals surface area (Å²) < 4.78 is 42.5. The molecular formula is C22H21Cl2F3N4O3. The highest BCUT2D eigenvalue weighted by molar-refractivity contribution is 6.34. The van der Waals surface area contributed by atoms with Gasteiger partial charge in [-0.1, -0.05) is 34.4 Å². The van der Waals surface area contributed by atoms with Crippen molar-refractivity contribution in [2.45, 2.75) is 31.2 Å². The van der Waals surface area contributed by atoms with Gasteiger partial charge in [0, 0.05) is 34.1 Å². The molecule has 182 valence electrons. The normalized spacial score (nSPS) is 18.7. The molecule has 34 heavy (non-hydrogen) atoms. The predicted molar refractivity (Wildman–Crippen MR) is 122 cm³/mol. The number of likely N-dealkylation sites (N-methyl/N-ethyl adjacent to an activating group) is 1. The Morgan fingerprint density at radius 1 is 1.21 bits per heavy atom. The van der Waals surface area contributed by atoms with E-state index in [-0.39, 0.29) is 33.4 Å². The van der Waals surface area contributed by atoms with Gasteiger partial charge in [0.25, 0.3) is 11.5 Å². The molecule has 2 amide bonds. The Hall–Kier alpha value is -2.82. The number of rotatable bonds is 7. The molecule has 12 heteroatoms. The Balaban J connectivity index is 1.88. The van der Waals surface area contributed by atoms with E-state index in [0.717, 1.165) is 12.1 Å². The van der Waals surface area contributed by atoms with Crippen LogP contribution in [0.2, 0.25) is 10.0 Å². The number of oxime groups is 1. The van der Waals surface area contributed by atoms with E-state index in [9.17, 15) is 22.8 Å². The molecule has 3 rings (SSSR count). The number of amides is 2. The summed E-state index contributed by atoms with van der Waals surface area (Å²) >= 11 is 11.8. The van der Waals surface area contributed by atoms with E-state index in [2.05, 4.69) is 15.8 Å². The van der Waals surface area contributed by atoms with Gasteiger partial charge in [-0.15, -0.1) is 0 Å². The van der Waals surface area contributed by atoms with Gasteiger partial charge in [0.2, 0.25) is 5.91 Å². The zero-order chi connectivity index (χ0) is 25.3. The van der Waals surface area contributed by atoms with Crippen molar-refractivity contribution in [1.29, 1.82) is 0 Å². The van der Waals surface area contributed by atoms with Gasteiger partial charge >= 0.3 is 6.18 Å². The van der Waals surface area contributed by atoms with Gasteiger partial charge in [-0.25, -0.2) is 0 Å². The van der Waals surface area contributed by atoms with Crippen molar-refractivity contribution in [2.24, 2.45) is 10.9 Å². The van der Waals surface area contributed by atoms with Crippen LogP contribution in [0.1, 0.15) is 33.5 Å². The van der Waals surface area contributed by atoms with E-state index in [1.54, 1.807) is 14.0 Å². The lowest BCUT2D eigenvalue weighted by Crippen LogP contribution is -2.49. The Kier molecular flexibility index (Phi) is 7.44. The Bertz CT molecular complexity index is 1140. The minimum atomic E-state index is -4.82. The van der Waals surface area contributed by atoms with E-state index >= 15 is 0 Å². The fourth-order valence-corrected chi connectivity index (χ4v) is 4.13. The monoisotopic (exact) mass is 516 g/mol. The van der Waals surface area contributed by atoms with Crippen LogP contribution >= 0.6 is 23.2 Å². The molecule has 2 atom stereocenters. The van der Waals surface area contributed by atoms with Crippen LogP contribution in [0.15, 0.2) is 41.6 Å². The predicted octanol–water partition coefficient (Wildman–Crippen LogP) is 3.69. The lowest BCUT2D eigenvalue weighted by molar-refractivity contribution is -0.275. The van der Waals surface area contributed by atoms with Crippen molar-refractivity contribution in [3.63, 3.8) is 0 Å². The van der Waals surface area contributed by atoms with Crippen LogP contribution in [0.25, 0.3) is 0 Å². The molecule has 0 aromatic heterocycles. The number of hydrogen-bond donors (Lipinski definition) is 3. The number of nitrogens with one attached hydrogen (secondary N) is 2. The molecule has 1 heterocycles. The minimum absolute atomic E-state index is 0.0296. The summed E-state index contributed by atoms with van der Waals surface area (Å²) in [5, 5.41) is 9.05. The van der Waals surface area contributed by atoms with Crippen molar-refractivity contribution in [3.8, 4) is 0 Å². The minimum Gasteiger partial charge on any atom is -0.374 e. The van der Waals surface area contributed by atoms with Crippen molar-refractivity contribution in [2.75, 3.05) is 13.6 Å². The summed E-state index contributed by atoms with van der Waals surface area (Å²) in [6.45, 7) is 1.75. The maximum atomic E-state index is 14.2. The van der Waals surface area contributed by atoms with Gasteiger partial charge in [-0.05, 0) is 55.4 Å². The highest BCUT2D eigenvalue weighted by atomic mass is 35.5. The number of nitrogens with two attached hydrogens (primary N) is 1. The molecule has 1 aliphatic rings. The smallest absolute Gasteiger partial charge is 0.374 e. The molecular weight excluding hydrogens is 496 g/mol. The van der Waals surface area contributed by atoms with Crippen LogP contribution in [0.3, 0.4) is 0 Å². The maximum Gasteiger partial charge on any atom is 0.435 e. The second kappa shape index (κ2) is 9.81. The van der Waals surface area contributed by atoms with Crippen LogP contribution in [0.4, 0.5) is 13.2 Å². The lowest BCUT2D eigenvalue weighted by atomic mass is 9.86. The first kappa shape index (κ1) is 25.8. The van der Waals surface area contributed by atoms with Gasteiger partial charge in [-0.3, -0.25) is 9.59 Å². The molecule has 4 N–H and O–H groups in total. The summed E-state index contributed by atoms with van der Waals surface area (Å²) in [4.78, 5) is 29.1. The first-order valence-corrected chi connectivity index (χ1v) is 10.8. The summed E-state index contributed by atoms with van der Waals surface area (Å²) in [7, 11) is 1.60. The first-order valence-electron chi connectivity index (χ1n) is 10.0. The number of hydrogen-bond acceptors (Lipinski definition) is 5. The number of alkyl halides is 3. The summed E-state index contributed by atoms with van der Waals surface area (Å²) in [5.41, 5.74) is 3.32. The number of carbonyl (C=O) groups is 2. The van der Waals surface area contributed by atoms with Crippen molar-refractivity contribution >= 4 is 40.7 Å². The fraction of sp³-hybridized carbons (Fsp3) is 0.318. The molecule has 0 saturated heterocycles. The number of aryl methyl sites for hydroxylation is 1. The third-order valence-electron chi connectivity index (χ3n) is 5.38. The summed E-state index contributed by atoms with van der Waals surface area (Å²) in [6.07, 6.45) is -5.44. The topological polar surface area (TPSA) is 106 Å². The maximum absolute atomic E-state index is 14.2. The van der Waals surface area contributed by atoms with E-state index in [1.807, 2.05) is 0 Å². The molecule has 0 spiro atoms. The molecule has 2 unspecified atom stereocenters. The van der Waals surface area contributed by atoms with Crippen LogP contribution in [-0.4, -0.2) is 43.3 Å². The van der Waals surface area contributed by atoms with Crippen LogP contribution in [0, 0.1) is 6.92 Å². The van der Waals surface area contributed by atoms with Crippen LogP contribution < -0.4 is 16.4 Å². The average molecular weight is 517 g/mol. The number of carbonyl (C=O) groups excluding carboxylic acids is 2. The lowest BCUT2D eigenvalue weighted by Gasteiger charge is -2.29. The molecule has 0 radical (unpaired) electrons. The molecule has 2 aromatic carbocycles. The first-order chi connectivity index (χ1) is 15.9. The van der Waals surface area contributed by atoms with E-state index < -0.39 is 36.1 Å². The molecule has 0 fully saturated rings. The van der Waals surface area contributed by atoms with Crippen molar-refractivity contribution < 1.29 is 27.6 Å². The molecule has 0 aliphatic carbocycles. The zero-order valence-electron chi connectivity index (χ0n) is 18.1. The number of primary amides is 1. The zero-order valence-corrected chi connectivity index (χ0v) is 19.6. The van der Waals surface area contributed by atoms with Gasteiger partial charge in [0.05, 0.1) is 5.71 Å². The SMILES string of the molecule is CNCC(NC(=O)c1ccc(C2=NOC(c3cc(Cl)cc(Cl)c3)(C(F)(F)F)C2)cc1C)C(N)=O. The molecule has 0 bridgehead atoms. The third-order valence-corrected chi connectivity index (χ3v) is 5.81. The average Bonchev–Trinajstić information content (AvgIpc) is 3.19. The van der Waals surface area contributed by atoms with E-state index in [1.165, 1.54) is 24.3 Å². The van der Waals surface area contributed by atoms with Crippen LogP contribution in [-0.2, 0) is 15.2 Å². The van der Waals surface area contributed by atoms with Gasteiger partial charge < -0.3 is 21.2 Å². The fourth-order valence-electron chi connectivity index (χ4n) is 3.61. The number of benzene rings is 2. The van der Waals surface area contributed by atoms with Crippen LogP contribution in [0.5, 0.6) is 0 Å². The Labute approximate surface area is 203 Å². The highest BCUT2D eigenvalue weighted by Gasteiger charge is 2.62. The summed E-state index contributed by atoms with van der Waals surface area (Å²) in [5.74, 6) is -1.26. The number of nitrogens with zero attached hydrogens (tertiary/aromatic N) is 1. The standard InChI is InChI=1S/C22H21Cl2F3N4O3/c1-11-5-12(3-4-16(11)20(33)30-18(10-29-2)19(28)32)17-9-21(34-31-17,22(25,26)27)13-6-14(23)8-15(24)7-13/h3-8,18,29H,9-10H2,1-2H3,(H2,28,32)(H,30,33). The second-order valence-electron chi connectivity index (χ2n) is 7.80. The van der Waals surface area contributed by atoms with Gasteiger partial charge in [-0.2, -0.15) is 13.2 Å². The second-order valence-corrected chi connectivity index (χ2v) is 8.68. The summed E-state index contributed by atoms with van der Waals surface area (Å²) in [6, 6.07) is 7.08. The molecule has 2 aromatic rings. The van der Waals surface area contributed by atoms with Crippen molar-refractivity contribution in [3.05, 3.63) is 68.7 Å². The molecule has 0 saturated carbocycles. The van der Waals surface area contributed by atoms with Crippen molar-refractivity contribution in [1.82, 2.24) is 10.6 Å². The molecule has 7 nitrogen and oxygen atoms in total. The van der Waals surface area contributed by atoms with E-state index in [0.29, 0.717) is 11.1 Å². The Morgan fingerprint density at radius 3 is 2.38 bits per heavy atom. The largest absolute Gasteiger partial charge is 0.435 e.